The number of nitrogens with two attached hydrogens (primary N) is 1. The minimum absolute atomic E-state index is 0.0870. The van der Waals surface area contributed by atoms with Crippen molar-refractivity contribution in [3.8, 4) is 0 Å². The van der Waals surface area contributed by atoms with E-state index in [4.69, 9.17) is 5.73 Å². The molecule has 0 aliphatic rings. The van der Waals surface area contributed by atoms with E-state index >= 15 is 0 Å². The number of hydrogen-bond donors (Lipinski definition) is 3. The van der Waals surface area contributed by atoms with E-state index in [9.17, 15) is 14.4 Å². The van der Waals surface area contributed by atoms with E-state index in [0.29, 0.717) is 19.4 Å². The summed E-state index contributed by atoms with van der Waals surface area (Å²) >= 11 is 0. The summed E-state index contributed by atoms with van der Waals surface area (Å²) in [5.41, 5.74) is 4.95. The largest absolute Gasteiger partial charge is 0.352 e. The summed E-state index contributed by atoms with van der Waals surface area (Å²) in [6.07, 6.45) is 2.90. The first kappa shape index (κ1) is 18.4. The molecule has 0 saturated carbocycles. The molecule has 0 rings (SSSR count). The number of rotatable bonds is 9. The predicted molar refractivity (Wildman–Crippen MR) is 77.7 cm³/mol. The van der Waals surface area contributed by atoms with Crippen LogP contribution in [-0.2, 0) is 9.59 Å². The molecule has 0 aliphatic carbocycles. The van der Waals surface area contributed by atoms with Crippen LogP contribution in [0.15, 0.2) is 0 Å². The molecule has 2 atom stereocenters. The maximum Gasteiger partial charge on any atom is 0.312 e. The quantitative estimate of drug-likeness (QED) is 0.551. The number of primary amides is 1. The van der Waals surface area contributed by atoms with Crippen molar-refractivity contribution in [1.82, 2.24) is 10.6 Å². The molecule has 6 nitrogen and oxygen atoms in total. The van der Waals surface area contributed by atoms with Gasteiger partial charge in [0, 0.05) is 12.5 Å². The number of amides is 3. The molecule has 3 amide bonds. The van der Waals surface area contributed by atoms with Gasteiger partial charge >= 0.3 is 6.03 Å². The monoisotopic (exact) mass is 284 g/mol. The van der Waals surface area contributed by atoms with Crippen LogP contribution in [0.2, 0.25) is 0 Å². The first-order valence-corrected chi connectivity index (χ1v) is 6.93. The highest BCUT2D eigenvalue weighted by Crippen LogP contribution is 2.14. The molecular formula is C14H26N3O3. The van der Waals surface area contributed by atoms with Crippen molar-refractivity contribution in [1.29, 1.82) is 0 Å². The van der Waals surface area contributed by atoms with Gasteiger partial charge in [0.25, 0.3) is 0 Å². The standard InChI is InChI=1S/C14H26N3O3/c1-5-11(9(2)3)13(19)17-12(10(4)18)7-6-8-16-14(15)20/h5,9,11-12H,6-8H2,1-4H3,(H,17,19)(H3,15,16,20)/t11?,12-/m0/s1. The molecule has 0 bridgehead atoms. The Morgan fingerprint density at radius 3 is 2.25 bits per heavy atom. The van der Waals surface area contributed by atoms with E-state index < -0.39 is 12.1 Å². The van der Waals surface area contributed by atoms with E-state index in [1.807, 2.05) is 27.2 Å². The maximum atomic E-state index is 12.1. The minimum Gasteiger partial charge on any atom is -0.352 e. The number of carbonyl (C=O) groups excluding carboxylic acids is 3. The molecule has 4 N–H and O–H groups in total. The molecule has 20 heavy (non-hydrogen) atoms. The van der Waals surface area contributed by atoms with Crippen LogP contribution < -0.4 is 16.4 Å². The third kappa shape index (κ3) is 7.11. The number of urea groups is 1. The highest BCUT2D eigenvalue weighted by molar-refractivity contribution is 5.88. The Kier molecular flexibility index (Phi) is 8.59. The van der Waals surface area contributed by atoms with Gasteiger partial charge in [0.2, 0.25) is 5.91 Å². The van der Waals surface area contributed by atoms with E-state index in [2.05, 4.69) is 10.6 Å². The van der Waals surface area contributed by atoms with Gasteiger partial charge < -0.3 is 16.4 Å². The lowest BCUT2D eigenvalue weighted by Crippen LogP contribution is -2.44. The molecule has 6 heteroatoms. The van der Waals surface area contributed by atoms with E-state index in [1.165, 1.54) is 6.92 Å². The molecule has 0 aromatic carbocycles. The van der Waals surface area contributed by atoms with E-state index in [0.717, 1.165) is 0 Å². The normalized spacial score (nSPS) is 13.7. The lowest BCUT2D eigenvalue weighted by atomic mass is 9.92. The lowest BCUT2D eigenvalue weighted by molar-refractivity contribution is -0.129. The van der Waals surface area contributed by atoms with Crippen LogP contribution in [0.3, 0.4) is 0 Å². The van der Waals surface area contributed by atoms with Gasteiger partial charge in [-0.15, -0.1) is 0 Å². The smallest absolute Gasteiger partial charge is 0.312 e. The summed E-state index contributed by atoms with van der Waals surface area (Å²) in [7, 11) is 0. The van der Waals surface area contributed by atoms with Gasteiger partial charge in [-0.05, 0) is 32.1 Å². The van der Waals surface area contributed by atoms with Crippen LogP contribution in [-0.4, -0.2) is 30.3 Å². The number of nitrogens with one attached hydrogen (secondary N) is 2. The third-order valence-corrected chi connectivity index (χ3v) is 3.16. The number of Topliss-reactive ketones (excluding diaryl/α,β-unsaturated/α-hetero) is 1. The van der Waals surface area contributed by atoms with Crippen molar-refractivity contribution in [2.24, 2.45) is 17.6 Å². The Morgan fingerprint density at radius 1 is 1.25 bits per heavy atom. The highest BCUT2D eigenvalue weighted by Gasteiger charge is 2.24. The third-order valence-electron chi connectivity index (χ3n) is 3.16. The Hall–Kier alpha value is -1.59. The lowest BCUT2D eigenvalue weighted by Gasteiger charge is -2.22. The molecule has 1 radical (unpaired) electrons. The van der Waals surface area contributed by atoms with Crippen LogP contribution >= 0.6 is 0 Å². The fourth-order valence-electron chi connectivity index (χ4n) is 2.00. The summed E-state index contributed by atoms with van der Waals surface area (Å²) in [6, 6.07) is -1.10. The number of ketones is 1. The first-order valence-electron chi connectivity index (χ1n) is 6.93. The fraction of sp³-hybridized carbons (Fsp3) is 0.714. The van der Waals surface area contributed by atoms with Crippen molar-refractivity contribution < 1.29 is 14.4 Å². The Bertz CT molecular complexity index is 343. The highest BCUT2D eigenvalue weighted by atomic mass is 16.2. The average Bonchev–Trinajstić information content (AvgIpc) is 2.32. The maximum absolute atomic E-state index is 12.1. The van der Waals surface area contributed by atoms with Gasteiger partial charge in [0.1, 0.15) is 0 Å². The Balaban J connectivity index is 4.36. The first-order chi connectivity index (χ1) is 9.29. The Morgan fingerprint density at radius 2 is 1.85 bits per heavy atom. The molecule has 115 valence electrons. The van der Waals surface area contributed by atoms with Crippen molar-refractivity contribution in [3.05, 3.63) is 6.42 Å². The number of hydrogen-bond acceptors (Lipinski definition) is 3. The molecule has 0 heterocycles. The zero-order chi connectivity index (χ0) is 15.7. The van der Waals surface area contributed by atoms with Crippen molar-refractivity contribution in [2.75, 3.05) is 6.54 Å². The van der Waals surface area contributed by atoms with Gasteiger partial charge in [-0.3, -0.25) is 9.59 Å². The van der Waals surface area contributed by atoms with Crippen molar-refractivity contribution >= 4 is 17.7 Å². The average molecular weight is 284 g/mol. The van der Waals surface area contributed by atoms with E-state index in [-0.39, 0.29) is 23.5 Å². The molecular weight excluding hydrogens is 258 g/mol. The van der Waals surface area contributed by atoms with Gasteiger partial charge in [-0.25, -0.2) is 4.79 Å². The summed E-state index contributed by atoms with van der Waals surface area (Å²) < 4.78 is 0. The van der Waals surface area contributed by atoms with Gasteiger partial charge in [-0.2, -0.15) is 0 Å². The number of carbonyl (C=O) groups is 3. The predicted octanol–water partition coefficient (Wildman–Crippen LogP) is 1.01. The molecule has 0 aromatic rings. The van der Waals surface area contributed by atoms with Crippen LogP contribution in [0.5, 0.6) is 0 Å². The van der Waals surface area contributed by atoms with Gasteiger partial charge in [-0.1, -0.05) is 20.8 Å². The minimum atomic E-state index is -0.589. The van der Waals surface area contributed by atoms with Crippen LogP contribution in [0.1, 0.15) is 40.5 Å². The molecule has 1 unspecified atom stereocenters. The summed E-state index contributed by atoms with van der Waals surface area (Å²) in [5, 5.41) is 5.23. The Labute approximate surface area is 120 Å². The molecule has 0 saturated heterocycles. The van der Waals surface area contributed by atoms with Crippen LogP contribution in [0, 0.1) is 18.3 Å². The van der Waals surface area contributed by atoms with Gasteiger partial charge in [0.15, 0.2) is 5.78 Å². The van der Waals surface area contributed by atoms with Crippen LogP contribution in [0.25, 0.3) is 0 Å². The zero-order valence-electron chi connectivity index (χ0n) is 12.7. The fourth-order valence-corrected chi connectivity index (χ4v) is 2.00. The summed E-state index contributed by atoms with van der Waals surface area (Å²) in [6.45, 7) is 7.60. The molecule has 0 aliphatic heterocycles. The van der Waals surface area contributed by atoms with Gasteiger partial charge in [0.05, 0.1) is 6.04 Å². The second-order valence-corrected chi connectivity index (χ2v) is 5.21. The van der Waals surface area contributed by atoms with Crippen molar-refractivity contribution in [3.63, 3.8) is 0 Å². The van der Waals surface area contributed by atoms with E-state index in [1.54, 1.807) is 0 Å². The molecule has 0 aromatic heterocycles. The second kappa shape index (κ2) is 9.34. The molecule has 0 spiro atoms. The van der Waals surface area contributed by atoms with Crippen molar-refractivity contribution in [2.45, 2.75) is 46.6 Å². The van der Waals surface area contributed by atoms with Crippen LogP contribution in [0.4, 0.5) is 4.79 Å². The zero-order valence-corrected chi connectivity index (χ0v) is 12.7. The topological polar surface area (TPSA) is 101 Å². The summed E-state index contributed by atoms with van der Waals surface area (Å²) in [5.74, 6) is -0.244. The SMILES string of the molecule is C[CH]C(C(=O)N[C@@H](CCCNC(N)=O)C(C)=O)C(C)C. The molecule has 0 fully saturated rings. The second-order valence-electron chi connectivity index (χ2n) is 5.21. The summed E-state index contributed by atoms with van der Waals surface area (Å²) in [4.78, 5) is 34.2.